The summed E-state index contributed by atoms with van der Waals surface area (Å²) < 4.78 is 10.9. The van der Waals surface area contributed by atoms with Crippen LogP contribution >= 0.6 is 0 Å². The van der Waals surface area contributed by atoms with Crippen LogP contribution in [0.5, 0.6) is 0 Å². The molecule has 19 heavy (non-hydrogen) atoms. The lowest BCUT2D eigenvalue weighted by Gasteiger charge is -2.34. The van der Waals surface area contributed by atoms with Gasteiger partial charge < -0.3 is 14.6 Å². The lowest BCUT2D eigenvalue weighted by Crippen LogP contribution is -2.41. The maximum atomic E-state index is 9.62. The van der Waals surface area contributed by atoms with E-state index in [0.717, 1.165) is 58.9 Å². The molecule has 1 N–H and O–H groups in total. The van der Waals surface area contributed by atoms with Gasteiger partial charge in [-0.3, -0.25) is 4.90 Å². The van der Waals surface area contributed by atoms with E-state index in [1.807, 2.05) is 13.8 Å². The maximum absolute atomic E-state index is 9.62. The summed E-state index contributed by atoms with van der Waals surface area (Å²) in [6.45, 7) is 14.3. The molecule has 0 aliphatic heterocycles. The van der Waals surface area contributed by atoms with Crippen molar-refractivity contribution in [1.82, 2.24) is 4.90 Å². The fraction of sp³-hybridized carbons (Fsp3) is 1.00. The van der Waals surface area contributed by atoms with Crippen LogP contribution in [-0.4, -0.2) is 62.7 Å². The van der Waals surface area contributed by atoms with Crippen LogP contribution in [0, 0.1) is 5.41 Å². The van der Waals surface area contributed by atoms with E-state index in [1.54, 1.807) is 0 Å². The Morgan fingerprint density at radius 3 is 1.89 bits per heavy atom. The lowest BCUT2D eigenvalue weighted by atomic mass is 9.86. The molecule has 0 amide bonds. The SMILES string of the molecule is CCCC(C)(CO)CN(CCOCC)CCOCC. The Kier molecular flexibility index (Phi) is 11.6. The van der Waals surface area contributed by atoms with E-state index in [0.29, 0.717) is 0 Å². The Balaban J connectivity index is 4.27. The number of aliphatic hydroxyl groups excluding tert-OH is 1. The Bertz CT molecular complexity index is 192. The summed E-state index contributed by atoms with van der Waals surface area (Å²) in [5, 5.41) is 9.62. The molecular formula is C15H33NO3. The van der Waals surface area contributed by atoms with Crippen molar-refractivity contribution in [2.45, 2.75) is 40.5 Å². The third kappa shape index (κ3) is 9.38. The number of rotatable bonds is 13. The largest absolute Gasteiger partial charge is 0.396 e. The van der Waals surface area contributed by atoms with Gasteiger partial charge >= 0.3 is 0 Å². The van der Waals surface area contributed by atoms with Gasteiger partial charge in [-0.1, -0.05) is 20.3 Å². The summed E-state index contributed by atoms with van der Waals surface area (Å²) >= 11 is 0. The minimum atomic E-state index is -0.0207. The Morgan fingerprint density at radius 2 is 1.53 bits per heavy atom. The van der Waals surface area contributed by atoms with E-state index in [-0.39, 0.29) is 12.0 Å². The number of aliphatic hydroxyl groups is 1. The van der Waals surface area contributed by atoms with Crippen molar-refractivity contribution < 1.29 is 14.6 Å². The smallest absolute Gasteiger partial charge is 0.0593 e. The van der Waals surface area contributed by atoms with Crippen LogP contribution in [0.3, 0.4) is 0 Å². The molecular weight excluding hydrogens is 242 g/mol. The standard InChI is InChI=1S/C15H33NO3/c1-5-8-15(4,14-17)13-16(9-11-18-6-2)10-12-19-7-3/h17H,5-14H2,1-4H3. The fourth-order valence-corrected chi connectivity index (χ4v) is 2.30. The molecule has 0 bridgehead atoms. The van der Waals surface area contributed by atoms with E-state index in [9.17, 15) is 5.11 Å². The third-order valence-electron chi connectivity index (χ3n) is 3.35. The van der Waals surface area contributed by atoms with E-state index in [2.05, 4.69) is 18.7 Å². The van der Waals surface area contributed by atoms with Crippen LogP contribution in [0.15, 0.2) is 0 Å². The second-order valence-electron chi connectivity index (χ2n) is 5.39. The second kappa shape index (κ2) is 11.6. The second-order valence-corrected chi connectivity index (χ2v) is 5.39. The van der Waals surface area contributed by atoms with Gasteiger partial charge in [0.2, 0.25) is 0 Å². The van der Waals surface area contributed by atoms with E-state index >= 15 is 0 Å². The minimum Gasteiger partial charge on any atom is -0.396 e. The average molecular weight is 275 g/mol. The first-order valence-corrected chi connectivity index (χ1v) is 7.60. The minimum absolute atomic E-state index is 0.0207. The Hall–Kier alpha value is -0.160. The molecule has 116 valence electrons. The van der Waals surface area contributed by atoms with Crippen LogP contribution in [0.1, 0.15) is 40.5 Å². The summed E-state index contributed by atoms with van der Waals surface area (Å²) in [7, 11) is 0. The monoisotopic (exact) mass is 275 g/mol. The highest BCUT2D eigenvalue weighted by Gasteiger charge is 2.25. The van der Waals surface area contributed by atoms with E-state index in [1.165, 1.54) is 0 Å². The quantitative estimate of drug-likeness (QED) is 0.523. The van der Waals surface area contributed by atoms with Crippen LogP contribution in [0.2, 0.25) is 0 Å². The average Bonchev–Trinajstić information content (AvgIpc) is 2.39. The first kappa shape index (κ1) is 18.8. The number of hydrogen-bond acceptors (Lipinski definition) is 4. The Labute approximate surface area is 119 Å². The molecule has 0 spiro atoms. The van der Waals surface area contributed by atoms with Gasteiger partial charge in [0, 0.05) is 44.9 Å². The molecule has 0 saturated carbocycles. The molecule has 0 aliphatic rings. The number of ether oxygens (including phenoxy) is 2. The van der Waals surface area contributed by atoms with Gasteiger partial charge in [-0.05, 0) is 20.3 Å². The highest BCUT2D eigenvalue weighted by atomic mass is 16.5. The Morgan fingerprint density at radius 1 is 1.00 bits per heavy atom. The van der Waals surface area contributed by atoms with Crippen molar-refractivity contribution in [1.29, 1.82) is 0 Å². The van der Waals surface area contributed by atoms with Crippen molar-refractivity contribution >= 4 is 0 Å². The zero-order valence-electron chi connectivity index (χ0n) is 13.3. The van der Waals surface area contributed by atoms with Crippen LogP contribution in [0.4, 0.5) is 0 Å². The third-order valence-corrected chi connectivity index (χ3v) is 3.35. The molecule has 1 unspecified atom stereocenters. The lowest BCUT2D eigenvalue weighted by molar-refractivity contribution is 0.0386. The van der Waals surface area contributed by atoms with Crippen LogP contribution < -0.4 is 0 Å². The number of hydrogen-bond donors (Lipinski definition) is 1. The highest BCUT2D eigenvalue weighted by Crippen LogP contribution is 2.23. The van der Waals surface area contributed by atoms with Crippen molar-refractivity contribution in [3.05, 3.63) is 0 Å². The van der Waals surface area contributed by atoms with Crippen molar-refractivity contribution in [2.24, 2.45) is 5.41 Å². The predicted octanol–water partition coefficient (Wildman–Crippen LogP) is 2.16. The molecule has 0 fully saturated rings. The molecule has 0 aromatic heterocycles. The van der Waals surface area contributed by atoms with Crippen LogP contribution in [-0.2, 0) is 9.47 Å². The molecule has 4 nitrogen and oxygen atoms in total. The molecule has 0 aliphatic carbocycles. The number of nitrogens with zero attached hydrogens (tertiary/aromatic N) is 1. The summed E-state index contributed by atoms with van der Waals surface area (Å²) in [5.74, 6) is 0. The van der Waals surface area contributed by atoms with E-state index in [4.69, 9.17) is 9.47 Å². The van der Waals surface area contributed by atoms with Gasteiger partial charge in [0.25, 0.3) is 0 Å². The zero-order valence-corrected chi connectivity index (χ0v) is 13.3. The first-order chi connectivity index (χ1) is 9.11. The van der Waals surface area contributed by atoms with Gasteiger partial charge in [0.05, 0.1) is 13.2 Å². The zero-order chi connectivity index (χ0) is 14.6. The highest BCUT2D eigenvalue weighted by molar-refractivity contribution is 4.77. The van der Waals surface area contributed by atoms with Crippen molar-refractivity contribution in [3.8, 4) is 0 Å². The van der Waals surface area contributed by atoms with Crippen molar-refractivity contribution in [3.63, 3.8) is 0 Å². The normalized spacial score (nSPS) is 14.8. The topological polar surface area (TPSA) is 41.9 Å². The molecule has 0 aromatic carbocycles. The molecule has 0 saturated heterocycles. The molecule has 0 radical (unpaired) electrons. The van der Waals surface area contributed by atoms with Gasteiger partial charge in [-0.2, -0.15) is 0 Å². The van der Waals surface area contributed by atoms with Gasteiger partial charge in [0.15, 0.2) is 0 Å². The summed E-state index contributed by atoms with van der Waals surface area (Å²) in [6, 6.07) is 0. The summed E-state index contributed by atoms with van der Waals surface area (Å²) in [6.07, 6.45) is 2.14. The predicted molar refractivity (Wildman–Crippen MR) is 79.5 cm³/mol. The summed E-state index contributed by atoms with van der Waals surface area (Å²) in [5.41, 5.74) is -0.0207. The summed E-state index contributed by atoms with van der Waals surface area (Å²) in [4.78, 5) is 2.34. The van der Waals surface area contributed by atoms with Gasteiger partial charge in [-0.15, -0.1) is 0 Å². The molecule has 0 aromatic rings. The maximum Gasteiger partial charge on any atom is 0.0593 e. The molecule has 1 atom stereocenters. The molecule has 4 heteroatoms. The first-order valence-electron chi connectivity index (χ1n) is 7.60. The van der Waals surface area contributed by atoms with Gasteiger partial charge in [-0.25, -0.2) is 0 Å². The molecule has 0 rings (SSSR count). The molecule has 0 heterocycles. The van der Waals surface area contributed by atoms with Crippen molar-refractivity contribution in [2.75, 3.05) is 52.7 Å². The van der Waals surface area contributed by atoms with E-state index < -0.39 is 0 Å². The fourth-order valence-electron chi connectivity index (χ4n) is 2.30. The van der Waals surface area contributed by atoms with Crippen LogP contribution in [0.25, 0.3) is 0 Å². The van der Waals surface area contributed by atoms with Gasteiger partial charge in [0.1, 0.15) is 0 Å².